The van der Waals surface area contributed by atoms with E-state index in [-0.39, 0.29) is 11.8 Å². The van der Waals surface area contributed by atoms with Gasteiger partial charge in [0.15, 0.2) is 0 Å². The van der Waals surface area contributed by atoms with Gasteiger partial charge in [-0.2, -0.15) is 4.31 Å². The van der Waals surface area contributed by atoms with Crippen molar-refractivity contribution in [2.75, 3.05) is 18.8 Å². The van der Waals surface area contributed by atoms with Crippen molar-refractivity contribution in [3.63, 3.8) is 0 Å². The largest absolute Gasteiger partial charge is 0.314 e. The van der Waals surface area contributed by atoms with Crippen LogP contribution < -0.4 is 5.32 Å². The van der Waals surface area contributed by atoms with Crippen LogP contribution in [0.25, 0.3) is 0 Å². The molecule has 1 N–H and O–H groups in total. The van der Waals surface area contributed by atoms with Gasteiger partial charge in [0.05, 0.1) is 5.75 Å². The van der Waals surface area contributed by atoms with Gasteiger partial charge in [0, 0.05) is 18.6 Å². The Morgan fingerprint density at radius 3 is 2.37 bits per heavy atom. The molecular formula is C14H30N2O2S. The van der Waals surface area contributed by atoms with Crippen LogP contribution >= 0.6 is 0 Å². The maximum Gasteiger partial charge on any atom is 0.214 e. The fourth-order valence-corrected chi connectivity index (χ4v) is 4.62. The Balaban J connectivity index is 2.47. The average molecular weight is 290 g/mol. The standard InChI is InChI=1S/C14H30N2O2S/c1-4-16(14-9-6-5-7-10-14)19(17,18)12-8-11-15-13(2)3/h13-15H,4-12H2,1-3H3. The van der Waals surface area contributed by atoms with Crippen LogP contribution in [0.15, 0.2) is 0 Å². The van der Waals surface area contributed by atoms with E-state index < -0.39 is 10.0 Å². The third-order valence-electron chi connectivity index (χ3n) is 3.78. The number of hydrogen-bond acceptors (Lipinski definition) is 3. The fourth-order valence-electron chi connectivity index (χ4n) is 2.81. The van der Waals surface area contributed by atoms with Gasteiger partial charge in [-0.1, -0.05) is 40.0 Å². The van der Waals surface area contributed by atoms with Crippen molar-refractivity contribution in [2.24, 2.45) is 0 Å². The summed E-state index contributed by atoms with van der Waals surface area (Å²) in [5.74, 6) is 0.275. The molecule has 0 spiro atoms. The highest BCUT2D eigenvalue weighted by molar-refractivity contribution is 7.89. The molecular weight excluding hydrogens is 260 g/mol. The Morgan fingerprint density at radius 1 is 1.21 bits per heavy atom. The first-order chi connectivity index (χ1) is 8.97. The first kappa shape index (κ1) is 16.9. The molecule has 5 heteroatoms. The van der Waals surface area contributed by atoms with E-state index in [4.69, 9.17) is 0 Å². The molecule has 0 unspecified atom stereocenters. The molecule has 1 fully saturated rings. The lowest BCUT2D eigenvalue weighted by atomic mass is 9.95. The highest BCUT2D eigenvalue weighted by Crippen LogP contribution is 2.24. The van der Waals surface area contributed by atoms with Crippen LogP contribution in [-0.4, -0.2) is 43.6 Å². The van der Waals surface area contributed by atoms with E-state index in [0.29, 0.717) is 19.0 Å². The molecule has 114 valence electrons. The Labute approximate surface area is 119 Å². The van der Waals surface area contributed by atoms with Crippen molar-refractivity contribution in [1.82, 2.24) is 9.62 Å². The molecule has 1 rings (SSSR count). The molecule has 0 aromatic heterocycles. The van der Waals surface area contributed by atoms with E-state index in [0.717, 1.165) is 19.4 Å². The zero-order chi connectivity index (χ0) is 14.3. The van der Waals surface area contributed by atoms with Crippen molar-refractivity contribution in [3.8, 4) is 0 Å². The summed E-state index contributed by atoms with van der Waals surface area (Å²) in [4.78, 5) is 0. The highest BCUT2D eigenvalue weighted by Gasteiger charge is 2.29. The van der Waals surface area contributed by atoms with Gasteiger partial charge in [-0.05, 0) is 25.8 Å². The molecule has 0 radical (unpaired) electrons. The van der Waals surface area contributed by atoms with Crippen LogP contribution in [0.5, 0.6) is 0 Å². The first-order valence-corrected chi connectivity index (χ1v) is 9.31. The van der Waals surface area contributed by atoms with Gasteiger partial charge in [-0.3, -0.25) is 0 Å². The molecule has 0 aliphatic heterocycles. The predicted molar refractivity (Wildman–Crippen MR) is 80.8 cm³/mol. The molecule has 0 atom stereocenters. The monoisotopic (exact) mass is 290 g/mol. The normalized spacial score (nSPS) is 18.4. The number of sulfonamides is 1. The van der Waals surface area contributed by atoms with Crippen molar-refractivity contribution >= 4 is 10.0 Å². The van der Waals surface area contributed by atoms with E-state index in [1.54, 1.807) is 4.31 Å². The van der Waals surface area contributed by atoms with Gasteiger partial charge < -0.3 is 5.32 Å². The first-order valence-electron chi connectivity index (χ1n) is 7.70. The lowest BCUT2D eigenvalue weighted by Crippen LogP contribution is -2.42. The van der Waals surface area contributed by atoms with E-state index in [2.05, 4.69) is 19.2 Å². The second-order valence-corrected chi connectivity index (χ2v) is 7.81. The SMILES string of the molecule is CCN(C1CCCCC1)S(=O)(=O)CCCNC(C)C. The number of hydrogen-bond donors (Lipinski definition) is 1. The molecule has 0 aromatic rings. The second-order valence-electron chi connectivity index (χ2n) is 5.77. The minimum atomic E-state index is -3.08. The molecule has 19 heavy (non-hydrogen) atoms. The Hall–Kier alpha value is -0.130. The summed E-state index contributed by atoms with van der Waals surface area (Å²) in [5.41, 5.74) is 0. The van der Waals surface area contributed by atoms with Crippen molar-refractivity contribution in [1.29, 1.82) is 0 Å². The molecule has 0 amide bonds. The molecule has 0 aromatic carbocycles. The summed E-state index contributed by atoms with van der Waals surface area (Å²) in [7, 11) is -3.08. The quantitative estimate of drug-likeness (QED) is 0.698. The van der Waals surface area contributed by atoms with Gasteiger partial charge in [0.25, 0.3) is 0 Å². The van der Waals surface area contributed by atoms with Crippen LogP contribution in [0.2, 0.25) is 0 Å². The minimum Gasteiger partial charge on any atom is -0.314 e. The van der Waals surface area contributed by atoms with Gasteiger partial charge in [-0.25, -0.2) is 8.42 Å². The summed E-state index contributed by atoms with van der Waals surface area (Å²) < 4.78 is 26.6. The van der Waals surface area contributed by atoms with Gasteiger partial charge in [-0.15, -0.1) is 0 Å². The molecule has 0 bridgehead atoms. The molecule has 1 saturated carbocycles. The molecule has 1 aliphatic rings. The Kier molecular flexibility index (Phi) is 7.32. The maximum absolute atomic E-state index is 12.4. The topological polar surface area (TPSA) is 49.4 Å². The Bertz CT molecular complexity index is 335. The highest BCUT2D eigenvalue weighted by atomic mass is 32.2. The summed E-state index contributed by atoms with van der Waals surface area (Å²) >= 11 is 0. The van der Waals surface area contributed by atoms with E-state index >= 15 is 0 Å². The Morgan fingerprint density at radius 2 is 1.84 bits per heavy atom. The van der Waals surface area contributed by atoms with Crippen LogP contribution in [0, 0.1) is 0 Å². The smallest absolute Gasteiger partial charge is 0.214 e. The average Bonchev–Trinajstić information content (AvgIpc) is 2.36. The van der Waals surface area contributed by atoms with Gasteiger partial charge >= 0.3 is 0 Å². The van der Waals surface area contributed by atoms with Crippen molar-refractivity contribution in [3.05, 3.63) is 0 Å². The van der Waals surface area contributed by atoms with Crippen LogP contribution in [0.3, 0.4) is 0 Å². The summed E-state index contributed by atoms with van der Waals surface area (Å²) in [6.45, 7) is 7.51. The van der Waals surface area contributed by atoms with Crippen LogP contribution in [0.1, 0.15) is 59.3 Å². The van der Waals surface area contributed by atoms with Crippen LogP contribution in [-0.2, 0) is 10.0 Å². The lowest BCUT2D eigenvalue weighted by molar-refractivity contribution is 0.261. The van der Waals surface area contributed by atoms with Gasteiger partial charge in [0.1, 0.15) is 0 Å². The third kappa shape index (κ3) is 5.79. The second kappa shape index (κ2) is 8.22. The maximum atomic E-state index is 12.4. The third-order valence-corrected chi connectivity index (χ3v) is 5.86. The summed E-state index contributed by atoms with van der Waals surface area (Å²) in [6.07, 6.45) is 6.38. The molecule has 4 nitrogen and oxygen atoms in total. The van der Waals surface area contributed by atoms with Gasteiger partial charge in [0.2, 0.25) is 10.0 Å². The number of nitrogens with one attached hydrogen (secondary N) is 1. The number of nitrogens with zero attached hydrogens (tertiary/aromatic N) is 1. The van der Waals surface area contributed by atoms with E-state index in [1.807, 2.05) is 6.92 Å². The van der Waals surface area contributed by atoms with Crippen molar-refractivity contribution in [2.45, 2.75) is 71.4 Å². The summed E-state index contributed by atoms with van der Waals surface area (Å²) in [6, 6.07) is 0.671. The zero-order valence-corrected chi connectivity index (χ0v) is 13.5. The van der Waals surface area contributed by atoms with Crippen LogP contribution in [0.4, 0.5) is 0 Å². The lowest BCUT2D eigenvalue weighted by Gasteiger charge is -2.32. The molecule has 1 aliphatic carbocycles. The minimum absolute atomic E-state index is 0.252. The molecule has 0 saturated heterocycles. The fraction of sp³-hybridized carbons (Fsp3) is 1.00. The van der Waals surface area contributed by atoms with E-state index in [1.165, 1.54) is 19.3 Å². The summed E-state index contributed by atoms with van der Waals surface area (Å²) in [5, 5.41) is 3.27. The van der Waals surface area contributed by atoms with E-state index in [9.17, 15) is 8.42 Å². The number of rotatable bonds is 8. The molecule has 0 heterocycles. The zero-order valence-electron chi connectivity index (χ0n) is 12.7. The predicted octanol–water partition coefficient (Wildman–Crippen LogP) is 2.36. The van der Waals surface area contributed by atoms with Crippen molar-refractivity contribution < 1.29 is 8.42 Å².